The van der Waals surface area contributed by atoms with Crippen LogP contribution in [0.3, 0.4) is 0 Å². The third-order valence-electron chi connectivity index (χ3n) is 6.19. The molecule has 0 atom stereocenters. The summed E-state index contributed by atoms with van der Waals surface area (Å²) in [5.74, 6) is -2.30. The second-order valence-corrected chi connectivity index (χ2v) is 11.0. The van der Waals surface area contributed by atoms with Crippen molar-refractivity contribution >= 4 is 23.9 Å². The van der Waals surface area contributed by atoms with Gasteiger partial charge in [-0.25, -0.2) is 19.2 Å². The van der Waals surface area contributed by atoms with Gasteiger partial charge >= 0.3 is 23.9 Å². The van der Waals surface area contributed by atoms with Gasteiger partial charge in [-0.2, -0.15) is 0 Å². The molecule has 0 radical (unpaired) electrons. The Labute approximate surface area is 274 Å². The molecule has 0 aromatic heterocycles. The Morgan fingerprint density at radius 3 is 1.21 bits per heavy atom. The zero-order chi connectivity index (χ0) is 35.0. The second-order valence-electron chi connectivity index (χ2n) is 11.0. The van der Waals surface area contributed by atoms with Gasteiger partial charge in [-0.1, -0.05) is 57.2 Å². The Balaban J connectivity index is 2.15. The maximum atomic E-state index is 12.4. The molecule has 0 aliphatic rings. The van der Waals surface area contributed by atoms with Crippen LogP contribution in [0, 0.1) is 0 Å². The average molecular weight is 637 g/mol. The molecule has 3 aromatic rings. The molecule has 3 aromatic carbocycles. The van der Waals surface area contributed by atoms with E-state index in [-0.39, 0.29) is 51.9 Å². The maximum absolute atomic E-state index is 12.4. The first-order valence-corrected chi connectivity index (χ1v) is 14.3. The molecule has 0 aliphatic heterocycles. The van der Waals surface area contributed by atoms with Crippen molar-refractivity contribution in [3.05, 3.63) is 115 Å². The number of rotatable bonds is 13. The molecule has 9 heteroatoms. The molecule has 242 valence electrons. The van der Waals surface area contributed by atoms with Crippen LogP contribution in [0.5, 0.6) is 28.7 Å². The van der Waals surface area contributed by atoms with Crippen LogP contribution in [0.4, 0.5) is 0 Å². The van der Waals surface area contributed by atoms with Gasteiger partial charge in [-0.3, -0.25) is 0 Å². The highest BCUT2D eigenvalue weighted by atomic mass is 16.6. The first-order valence-electron chi connectivity index (χ1n) is 14.3. The molecule has 3 rings (SSSR count). The van der Waals surface area contributed by atoms with Crippen LogP contribution in [-0.4, -0.2) is 30.5 Å². The van der Waals surface area contributed by atoms with E-state index in [2.05, 4.69) is 32.9 Å². The molecule has 0 heterocycles. The number of carbonyl (C=O) groups excluding carboxylic acids is 4. The van der Waals surface area contributed by atoms with E-state index in [9.17, 15) is 19.2 Å². The van der Waals surface area contributed by atoms with Crippen molar-refractivity contribution in [3.8, 4) is 51.0 Å². The minimum atomic E-state index is -0.704. The number of carbonyl (C=O) groups is 4. The predicted molar refractivity (Wildman–Crippen MR) is 179 cm³/mol. The maximum Gasteiger partial charge on any atom is 0.338 e. The highest BCUT2D eigenvalue weighted by molar-refractivity contribution is 5.93. The number of hydrogen-bond acceptors (Lipinski definition) is 9. The van der Waals surface area contributed by atoms with Crippen LogP contribution in [0.1, 0.15) is 34.6 Å². The van der Waals surface area contributed by atoms with Gasteiger partial charge in [-0.05, 0) is 87.2 Å². The van der Waals surface area contributed by atoms with E-state index in [0.29, 0.717) is 28.0 Å². The summed E-state index contributed by atoms with van der Waals surface area (Å²) >= 11 is 0. The first kappa shape index (κ1) is 35.5. The summed E-state index contributed by atoms with van der Waals surface area (Å²) < 4.78 is 27.9. The molecule has 47 heavy (non-hydrogen) atoms. The van der Waals surface area contributed by atoms with E-state index in [1.807, 2.05) is 6.92 Å². The fraction of sp³-hybridized carbons (Fsp3) is 0.158. The molecule has 0 saturated carbocycles. The topological polar surface area (TPSA) is 114 Å². The van der Waals surface area contributed by atoms with Crippen LogP contribution >= 0.6 is 0 Å². The van der Waals surface area contributed by atoms with Gasteiger partial charge in [-0.15, -0.1) is 0 Å². The standard InChI is InChI=1S/C38H36O9/c1-21(2)20-43-32-17-26(27-12-15-30(44-35(39)22(3)4)33(18-27)46-37(41)24(7)8)11-14-29(32)28-13-16-31(45-36(40)23(5)6)34(19-28)47-38(42)25(9)10/h11-19H,1,3,5,7,9,20H2,2,4,6,8,10H3. The van der Waals surface area contributed by atoms with Crippen LogP contribution in [0.15, 0.2) is 115 Å². The molecule has 0 unspecified atom stereocenters. The van der Waals surface area contributed by atoms with E-state index >= 15 is 0 Å². The minimum absolute atomic E-state index is 0.00227. The largest absolute Gasteiger partial charge is 0.489 e. The third kappa shape index (κ3) is 9.51. The molecule has 0 saturated heterocycles. The summed E-state index contributed by atoms with van der Waals surface area (Å²) in [6.45, 7) is 26.3. The quantitative estimate of drug-likeness (QED) is 0.0799. The summed E-state index contributed by atoms with van der Waals surface area (Å²) in [5, 5.41) is 0. The zero-order valence-electron chi connectivity index (χ0n) is 27.1. The highest BCUT2D eigenvalue weighted by Gasteiger charge is 2.20. The summed E-state index contributed by atoms with van der Waals surface area (Å²) in [4.78, 5) is 49.4. The van der Waals surface area contributed by atoms with Crippen molar-refractivity contribution in [1.29, 1.82) is 0 Å². The number of esters is 4. The summed E-state index contributed by atoms with van der Waals surface area (Å²) in [6.07, 6.45) is 0. The van der Waals surface area contributed by atoms with Gasteiger partial charge in [0.1, 0.15) is 12.4 Å². The van der Waals surface area contributed by atoms with E-state index in [4.69, 9.17) is 23.7 Å². The summed E-state index contributed by atoms with van der Waals surface area (Å²) in [6, 6.07) is 14.8. The monoisotopic (exact) mass is 636 g/mol. The predicted octanol–water partition coefficient (Wildman–Crippen LogP) is 7.90. The van der Waals surface area contributed by atoms with Gasteiger partial charge in [0.15, 0.2) is 23.0 Å². The van der Waals surface area contributed by atoms with E-state index in [1.54, 1.807) is 42.5 Å². The van der Waals surface area contributed by atoms with Crippen molar-refractivity contribution in [1.82, 2.24) is 0 Å². The smallest absolute Gasteiger partial charge is 0.338 e. The fourth-order valence-electron chi connectivity index (χ4n) is 3.70. The normalized spacial score (nSPS) is 10.2. The lowest BCUT2D eigenvalue weighted by Crippen LogP contribution is -2.13. The van der Waals surface area contributed by atoms with Crippen molar-refractivity contribution in [3.63, 3.8) is 0 Å². The Morgan fingerprint density at radius 2 is 0.809 bits per heavy atom. The van der Waals surface area contributed by atoms with Gasteiger partial charge < -0.3 is 23.7 Å². The molecular weight excluding hydrogens is 600 g/mol. The molecule has 0 amide bonds. The lowest BCUT2D eigenvalue weighted by atomic mass is 9.98. The summed E-state index contributed by atoms with van der Waals surface area (Å²) in [7, 11) is 0. The molecule has 9 nitrogen and oxygen atoms in total. The van der Waals surface area contributed by atoms with Crippen molar-refractivity contribution in [2.24, 2.45) is 0 Å². The SMILES string of the molecule is C=C(C)COc1cc(-c2ccc(OC(=O)C(=C)C)c(OC(=O)C(=C)C)c2)ccc1-c1ccc(OC(=O)C(=C)C)c(OC(=O)C(=C)C)c1. The van der Waals surface area contributed by atoms with Gasteiger partial charge in [0, 0.05) is 27.9 Å². The Bertz CT molecular complexity index is 1840. The van der Waals surface area contributed by atoms with Crippen LogP contribution in [0.2, 0.25) is 0 Å². The summed E-state index contributed by atoms with van der Waals surface area (Å²) in [5.41, 5.74) is 3.85. The van der Waals surface area contributed by atoms with Gasteiger partial charge in [0.25, 0.3) is 0 Å². The molecular formula is C38H36O9. The number of hydrogen-bond donors (Lipinski definition) is 0. The van der Waals surface area contributed by atoms with E-state index in [1.165, 1.54) is 39.8 Å². The number of ether oxygens (including phenoxy) is 5. The fourth-order valence-corrected chi connectivity index (χ4v) is 3.70. The Morgan fingerprint density at radius 1 is 0.468 bits per heavy atom. The van der Waals surface area contributed by atoms with Crippen molar-refractivity contribution in [2.45, 2.75) is 34.6 Å². The lowest BCUT2D eigenvalue weighted by Gasteiger charge is -2.17. The molecule has 0 spiro atoms. The lowest BCUT2D eigenvalue weighted by molar-refractivity contribution is -0.132. The Hall–Kier alpha value is -5.96. The van der Waals surface area contributed by atoms with E-state index in [0.717, 1.165) is 5.57 Å². The third-order valence-corrected chi connectivity index (χ3v) is 6.19. The van der Waals surface area contributed by atoms with Gasteiger partial charge in [0.05, 0.1) is 0 Å². The molecule has 0 bridgehead atoms. The minimum Gasteiger partial charge on any atom is -0.489 e. The van der Waals surface area contributed by atoms with Crippen LogP contribution < -0.4 is 23.7 Å². The molecule has 0 N–H and O–H groups in total. The number of benzene rings is 3. The van der Waals surface area contributed by atoms with Crippen molar-refractivity contribution < 1.29 is 42.9 Å². The second kappa shape index (κ2) is 15.4. The van der Waals surface area contributed by atoms with Crippen LogP contribution in [0.25, 0.3) is 22.3 Å². The zero-order valence-corrected chi connectivity index (χ0v) is 27.1. The van der Waals surface area contributed by atoms with Crippen LogP contribution in [-0.2, 0) is 19.2 Å². The highest BCUT2D eigenvalue weighted by Crippen LogP contribution is 2.41. The van der Waals surface area contributed by atoms with Crippen molar-refractivity contribution in [2.75, 3.05) is 6.61 Å². The molecule has 0 aliphatic carbocycles. The molecule has 0 fully saturated rings. The Kier molecular flexibility index (Phi) is 11.6. The average Bonchev–Trinajstić information content (AvgIpc) is 3.01. The van der Waals surface area contributed by atoms with E-state index < -0.39 is 23.9 Å². The first-order chi connectivity index (χ1) is 22.1. The van der Waals surface area contributed by atoms with Gasteiger partial charge in [0.2, 0.25) is 0 Å².